The second-order valence-corrected chi connectivity index (χ2v) is 7.16. The van der Waals surface area contributed by atoms with E-state index in [0.717, 1.165) is 12.8 Å². The van der Waals surface area contributed by atoms with Crippen molar-refractivity contribution < 1.29 is 8.42 Å². The van der Waals surface area contributed by atoms with E-state index in [1.54, 1.807) is 10.6 Å². The van der Waals surface area contributed by atoms with Gasteiger partial charge >= 0.3 is 0 Å². The number of aromatic nitrogens is 2. The van der Waals surface area contributed by atoms with Gasteiger partial charge in [-0.25, -0.2) is 18.1 Å². The Bertz CT molecular complexity index is 675. The maximum Gasteiger partial charge on any atom is 0.260 e. The Hall–Kier alpha value is -1.12. The molecule has 6 nitrogen and oxygen atoms in total. The SMILES string of the molecule is CCCC(C)NS(=O)(=O)c1c(NCC)nc2sccn12. The molecule has 0 aromatic carbocycles. The number of anilines is 1. The number of sulfonamides is 1. The number of rotatable bonds is 7. The molecule has 1 unspecified atom stereocenters. The molecular formula is C12H20N4O2S2. The fourth-order valence-electron chi connectivity index (χ4n) is 2.12. The number of nitrogens with one attached hydrogen (secondary N) is 2. The minimum atomic E-state index is -3.59. The molecule has 8 heteroatoms. The van der Waals surface area contributed by atoms with Crippen molar-refractivity contribution in [3.05, 3.63) is 11.6 Å². The highest BCUT2D eigenvalue weighted by Crippen LogP contribution is 2.25. The monoisotopic (exact) mass is 316 g/mol. The third kappa shape index (κ3) is 2.97. The lowest BCUT2D eigenvalue weighted by Gasteiger charge is -2.13. The Morgan fingerprint density at radius 1 is 1.45 bits per heavy atom. The standard InChI is InChI=1S/C12H20N4O2S2/c1-4-6-9(3)15-20(17,18)11-10(13-5-2)14-12-16(11)7-8-19-12/h7-9,13,15H,4-6H2,1-3H3. The van der Waals surface area contributed by atoms with Gasteiger partial charge in [0.25, 0.3) is 10.0 Å². The molecule has 1 atom stereocenters. The smallest absolute Gasteiger partial charge is 0.260 e. The van der Waals surface area contributed by atoms with Gasteiger partial charge in [0, 0.05) is 24.2 Å². The van der Waals surface area contributed by atoms with Crippen LogP contribution in [0.1, 0.15) is 33.6 Å². The second kappa shape index (κ2) is 6.11. The van der Waals surface area contributed by atoms with Crippen molar-refractivity contribution in [2.24, 2.45) is 0 Å². The lowest BCUT2D eigenvalue weighted by atomic mass is 10.2. The molecule has 0 aliphatic heterocycles. The summed E-state index contributed by atoms with van der Waals surface area (Å²) in [5.41, 5.74) is 0. The van der Waals surface area contributed by atoms with Crippen LogP contribution < -0.4 is 10.0 Å². The van der Waals surface area contributed by atoms with Crippen molar-refractivity contribution in [3.8, 4) is 0 Å². The van der Waals surface area contributed by atoms with E-state index in [-0.39, 0.29) is 11.1 Å². The third-order valence-corrected chi connectivity index (χ3v) is 5.26. The largest absolute Gasteiger partial charge is 0.368 e. The highest BCUT2D eigenvalue weighted by atomic mass is 32.2. The number of hydrogen-bond donors (Lipinski definition) is 2. The first kappa shape index (κ1) is 15.3. The predicted molar refractivity (Wildman–Crippen MR) is 81.9 cm³/mol. The fraction of sp³-hybridized carbons (Fsp3) is 0.583. The molecule has 2 N–H and O–H groups in total. The molecule has 0 aliphatic carbocycles. The van der Waals surface area contributed by atoms with Crippen LogP contribution in [0, 0.1) is 0 Å². The number of fused-ring (bicyclic) bond motifs is 1. The zero-order valence-electron chi connectivity index (χ0n) is 11.9. The van der Waals surface area contributed by atoms with Gasteiger partial charge in [0.2, 0.25) is 0 Å². The van der Waals surface area contributed by atoms with Crippen molar-refractivity contribution in [2.45, 2.75) is 44.7 Å². The van der Waals surface area contributed by atoms with Gasteiger partial charge in [-0.2, -0.15) is 0 Å². The zero-order valence-corrected chi connectivity index (χ0v) is 13.5. The summed E-state index contributed by atoms with van der Waals surface area (Å²) in [7, 11) is -3.59. The molecule has 2 aromatic heterocycles. The van der Waals surface area contributed by atoms with E-state index in [0.29, 0.717) is 17.3 Å². The van der Waals surface area contributed by atoms with Gasteiger partial charge in [-0.3, -0.25) is 4.40 Å². The third-order valence-electron chi connectivity index (χ3n) is 2.90. The van der Waals surface area contributed by atoms with Crippen molar-refractivity contribution >= 4 is 32.1 Å². The van der Waals surface area contributed by atoms with Gasteiger partial charge in [0.05, 0.1) is 0 Å². The fourth-order valence-corrected chi connectivity index (χ4v) is 4.43. The Morgan fingerprint density at radius 2 is 2.20 bits per heavy atom. The molecule has 0 fully saturated rings. The first-order chi connectivity index (χ1) is 9.49. The Balaban J connectivity index is 2.43. The molecule has 0 aliphatic rings. The minimum Gasteiger partial charge on any atom is -0.368 e. The highest BCUT2D eigenvalue weighted by Gasteiger charge is 2.26. The van der Waals surface area contributed by atoms with Gasteiger partial charge in [0.15, 0.2) is 15.8 Å². The van der Waals surface area contributed by atoms with Gasteiger partial charge in [-0.05, 0) is 20.3 Å². The average Bonchev–Trinajstić information content (AvgIpc) is 2.88. The van der Waals surface area contributed by atoms with Crippen LogP contribution in [0.5, 0.6) is 0 Å². The van der Waals surface area contributed by atoms with E-state index < -0.39 is 10.0 Å². The number of nitrogens with zero attached hydrogens (tertiary/aromatic N) is 2. The van der Waals surface area contributed by atoms with Crippen molar-refractivity contribution in [3.63, 3.8) is 0 Å². The van der Waals surface area contributed by atoms with Gasteiger partial charge in [-0.15, -0.1) is 11.3 Å². The van der Waals surface area contributed by atoms with Crippen molar-refractivity contribution in [1.29, 1.82) is 0 Å². The summed E-state index contributed by atoms with van der Waals surface area (Å²) in [6.45, 7) is 6.44. The average molecular weight is 316 g/mol. The molecule has 0 bridgehead atoms. The lowest BCUT2D eigenvalue weighted by Crippen LogP contribution is -2.33. The molecule has 0 saturated heterocycles. The van der Waals surface area contributed by atoms with E-state index in [1.165, 1.54) is 11.3 Å². The zero-order chi connectivity index (χ0) is 14.8. The molecule has 0 amide bonds. The summed E-state index contributed by atoms with van der Waals surface area (Å²) in [5, 5.41) is 5.04. The summed E-state index contributed by atoms with van der Waals surface area (Å²) in [6, 6.07) is -0.0938. The predicted octanol–water partition coefficient (Wildman–Crippen LogP) is 2.29. The van der Waals surface area contributed by atoms with Gasteiger partial charge < -0.3 is 5.32 Å². The first-order valence-electron chi connectivity index (χ1n) is 6.71. The van der Waals surface area contributed by atoms with E-state index in [1.807, 2.05) is 26.2 Å². The summed E-state index contributed by atoms with van der Waals surface area (Å²) in [6.07, 6.45) is 3.47. The second-order valence-electron chi connectivity index (χ2n) is 4.66. The van der Waals surface area contributed by atoms with Crippen LogP contribution in [0.15, 0.2) is 16.6 Å². The van der Waals surface area contributed by atoms with Crippen LogP contribution >= 0.6 is 11.3 Å². The summed E-state index contributed by atoms with van der Waals surface area (Å²) in [4.78, 5) is 5.00. The van der Waals surface area contributed by atoms with Crippen LogP contribution in [0.2, 0.25) is 0 Å². The molecule has 112 valence electrons. The molecule has 2 rings (SSSR count). The highest BCUT2D eigenvalue weighted by molar-refractivity contribution is 7.89. The quantitative estimate of drug-likeness (QED) is 0.822. The van der Waals surface area contributed by atoms with Crippen LogP contribution in [0.4, 0.5) is 5.82 Å². The minimum absolute atomic E-state index is 0.0938. The van der Waals surface area contributed by atoms with Crippen LogP contribution in [0.25, 0.3) is 4.96 Å². The summed E-state index contributed by atoms with van der Waals surface area (Å²) >= 11 is 1.41. The first-order valence-corrected chi connectivity index (χ1v) is 9.07. The van der Waals surface area contributed by atoms with Gasteiger partial charge in [0.1, 0.15) is 0 Å². The summed E-state index contributed by atoms with van der Waals surface area (Å²) < 4.78 is 29.5. The molecule has 0 spiro atoms. The maximum atomic E-state index is 12.6. The molecule has 20 heavy (non-hydrogen) atoms. The number of thiazole rings is 1. The topological polar surface area (TPSA) is 75.5 Å². The molecule has 2 aromatic rings. The van der Waals surface area contributed by atoms with Crippen LogP contribution in [-0.2, 0) is 10.0 Å². The molecular weight excluding hydrogens is 296 g/mol. The molecule has 0 saturated carbocycles. The normalized spacial score (nSPS) is 13.8. The molecule has 2 heterocycles. The lowest BCUT2D eigenvalue weighted by molar-refractivity contribution is 0.540. The Kier molecular flexibility index (Phi) is 4.66. The summed E-state index contributed by atoms with van der Waals surface area (Å²) in [5.74, 6) is 0.413. The van der Waals surface area contributed by atoms with Crippen molar-refractivity contribution in [1.82, 2.24) is 14.1 Å². The van der Waals surface area contributed by atoms with E-state index >= 15 is 0 Å². The Labute approximate surface area is 123 Å². The maximum absolute atomic E-state index is 12.6. The Morgan fingerprint density at radius 3 is 2.85 bits per heavy atom. The number of hydrogen-bond acceptors (Lipinski definition) is 5. The number of imidazole rings is 1. The van der Waals surface area contributed by atoms with Gasteiger partial charge in [-0.1, -0.05) is 13.3 Å². The molecule has 0 radical (unpaired) electrons. The van der Waals surface area contributed by atoms with E-state index in [4.69, 9.17) is 0 Å². The van der Waals surface area contributed by atoms with Crippen molar-refractivity contribution in [2.75, 3.05) is 11.9 Å². The van der Waals surface area contributed by atoms with Crippen LogP contribution in [-0.4, -0.2) is 30.4 Å². The van der Waals surface area contributed by atoms with Crippen LogP contribution in [0.3, 0.4) is 0 Å². The van der Waals surface area contributed by atoms with E-state index in [9.17, 15) is 8.42 Å². The van der Waals surface area contributed by atoms with E-state index in [2.05, 4.69) is 15.0 Å².